The van der Waals surface area contributed by atoms with Crippen molar-refractivity contribution in [2.24, 2.45) is 23.3 Å². The van der Waals surface area contributed by atoms with Gasteiger partial charge in [0.15, 0.2) is 0 Å². The third-order valence-corrected chi connectivity index (χ3v) is 5.47. The molecule has 0 bridgehead atoms. The molecule has 0 heterocycles. The average molecular weight is 502 g/mol. The maximum atomic E-state index is 13.0. The molecule has 5 atom stereocenters. The fourth-order valence-electron chi connectivity index (χ4n) is 3.11. The molecule has 0 spiro atoms. The number of nitrogens with two attached hydrogens (primary N) is 2. The Morgan fingerprint density at radius 1 is 0.771 bits per heavy atom. The number of amides is 4. The summed E-state index contributed by atoms with van der Waals surface area (Å²) in [5.74, 6) is -5.81. The van der Waals surface area contributed by atoms with Crippen LogP contribution in [-0.2, 0) is 28.8 Å². The van der Waals surface area contributed by atoms with Crippen LogP contribution < -0.4 is 27.4 Å². The second kappa shape index (κ2) is 15.6. The summed E-state index contributed by atoms with van der Waals surface area (Å²) in [5, 5.41) is 25.6. The SMILES string of the molecule is CCC(C)C(N)C(=O)NC(CCC(=O)O)C(=O)NC(CC(C)C)C(=O)NC(CCC(N)=O)C(=O)O. The molecule has 35 heavy (non-hydrogen) atoms. The highest BCUT2D eigenvalue weighted by Gasteiger charge is 2.31. The Labute approximate surface area is 204 Å². The molecule has 0 radical (unpaired) electrons. The van der Waals surface area contributed by atoms with Crippen LogP contribution >= 0.6 is 0 Å². The van der Waals surface area contributed by atoms with E-state index in [1.807, 2.05) is 6.92 Å². The van der Waals surface area contributed by atoms with E-state index in [9.17, 15) is 33.9 Å². The molecule has 0 aromatic carbocycles. The van der Waals surface area contributed by atoms with E-state index in [-0.39, 0.29) is 37.5 Å². The van der Waals surface area contributed by atoms with Crippen LogP contribution in [0.3, 0.4) is 0 Å². The zero-order chi connectivity index (χ0) is 27.3. The van der Waals surface area contributed by atoms with E-state index in [1.165, 1.54) is 0 Å². The van der Waals surface area contributed by atoms with Crippen molar-refractivity contribution in [2.75, 3.05) is 0 Å². The van der Waals surface area contributed by atoms with Crippen LogP contribution in [0.15, 0.2) is 0 Å². The van der Waals surface area contributed by atoms with Crippen molar-refractivity contribution in [3.05, 3.63) is 0 Å². The molecule has 200 valence electrons. The fourth-order valence-corrected chi connectivity index (χ4v) is 3.11. The largest absolute Gasteiger partial charge is 0.481 e. The minimum atomic E-state index is -1.40. The summed E-state index contributed by atoms with van der Waals surface area (Å²) in [4.78, 5) is 71.8. The standard InChI is InChI=1S/C22H39N5O8/c1-5-12(4)18(24)21(33)25-13(7-9-17(29)30)19(31)27-15(10-11(2)3)20(32)26-14(22(34)35)6-8-16(23)28/h11-15,18H,5-10,24H2,1-4H3,(H2,23,28)(H,25,33)(H,26,32)(H,27,31)(H,29,30)(H,34,35). The number of rotatable bonds is 17. The summed E-state index contributed by atoms with van der Waals surface area (Å²) in [7, 11) is 0. The topological polar surface area (TPSA) is 231 Å². The number of primary amides is 1. The quantitative estimate of drug-likeness (QED) is 0.130. The smallest absolute Gasteiger partial charge is 0.326 e. The molecule has 13 nitrogen and oxygen atoms in total. The summed E-state index contributed by atoms with van der Waals surface area (Å²) in [6.45, 7) is 7.16. The lowest BCUT2D eigenvalue weighted by atomic mass is 9.98. The summed E-state index contributed by atoms with van der Waals surface area (Å²) in [6, 6.07) is -4.78. The normalized spacial score (nSPS) is 15.3. The van der Waals surface area contributed by atoms with Crippen LogP contribution in [0.25, 0.3) is 0 Å². The monoisotopic (exact) mass is 501 g/mol. The van der Waals surface area contributed by atoms with Crippen LogP contribution in [0.1, 0.15) is 66.2 Å². The Hall–Kier alpha value is -3.22. The van der Waals surface area contributed by atoms with Gasteiger partial charge in [0, 0.05) is 12.8 Å². The van der Waals surface area contributed by atoms with Gasteiger partial charge in [-0.1, -0.05) is 34.1 Å². The molecule has 4 amide bonds. The first-order valence-corrected chi connectivity index (χ1v) is 11.6. The Bertz CT molecular complexity index is 773. The summed E-state index contributed by atoms with van der Waals surface area (Å²) >= 11 is 0. The minimum absolute atomic E-state index is 0.0918. The van der Waals surface area contributed by atoms with E-state index in [2.05, 4.69) is 16.0 Å². The first-order valence-electron chi connectivity index (χ1n) is 11.6. The van der Waals surface area contributed by atoms with Crippen molar-refractivity contribution in [1.29, 1.82) is 0 Å². The van der Waals surface area contributed by atoms with Crippen molar-refractivity contribution in [1.82, 2.24) is 16.0 Å². The second-order valence-electron chi connectivity index (χ2n) is 9.00. The molecule has 0 aromatic rings. The van der Waals surface area contributed by atoms with Gasteiger partial charge in [0.25, 0.3) is 0 Å². The summed E-state index contributed by atoms with van der Waals surface area (Å²) in [6.07, 6.45) is -0.427. The van der Waals surface area contributed by atoms with Crippen LogP contribution in [0.5, 0.6) is 0 Å². The third-order valence-electron chi connectivity index (χ3n) is 5.47. The molecule has 0 saturated heterocycles. The van der Waals surface area contributed by atoms with Crippen molar-refractivity contribution in [2.45, 2.75) is 90.4 Å². The van der Waals surface area contributed by atoms with Crippen molar-refractivity contribution >= 4 is 35.6 Å². The average Bonchev–Trinajstić information content (AvgIpc) is 2.76. The van der Waals surface area contributed by atoms with Crippen LogP contribution in [0.2, 0.25) is 0 Å². The molecule has 13 heteroatoms. The van der Waals surface area contributed by atoms with Gasteiger partial charge >= 0.3 is 11.9 Å². The van der Waals surface area contributed by atoms with E-state index in [0.29, 0.717) is 6.42 Å². The molecule has 0 aliphatic heterocycles. The zero-order valence-corrected chi connectivity index (χ0v) is 20.7. The minimum Gasteiger partial charge on any atom is -0.481 e. The molecule has 5 unspecified atom stereocenters. The fraction of sp³-hybridized carbons (Fsp3) is 0.727. The Morgan fingerprint density at radius 2 is 1.26 bits per heavy atom. The highest BCUT2D eigenvalue weighted by atomic mass is 16.4. The number of carbonyl (C=O) groups is 6. The van der Waals surface area contributed by atoms with Crippen LogP contribution in [0, 0.1) is 11.8 Å². The number of hydrogen-bond acceptors (Lipinski definition) is 7. The van der Waals surface area contributed by atoms with Gasteiger partial charge in [-0.15, -0.1) is 0 Å². The van der Waals surface area contributed by atoms with E-state index >= 15 is 0 Å². The molecule has 0 fully saturated rings. The molecule has 0 saturated carbocycles. The second-order valence-corrected chi connectivity index (χ2v) is 9.00. The Morgan fingerprint density at radius 3 is 1.71 bits per heavy atom. The molecule has 0 aromatic heterocycles. The number of aliphatic carboxylic acids is 2. The van der Waals surface area contributed by atoms with E-state index in [4.69, 9.17) is 16.6 Å². The van der Waals surface area contributed by atoms with E-state index in [1.54, 1.807) is 20.8 Å². The van der Waals surface area contributed by atoms with E-state index in [0.717, 1.165) is 0 Å². The lowest BCUT2D eigenvalue weighted by Crippen LogP contribution is -2.58. The van der Waals surface area contributed by atoms with Crippen LogP contribution in [0.4, 0.5) is 0 Å². The van der Waals surface area contributed by atoms with Gasteiger partial charge in [0.05, 0.1) is 6.04 Å². The molecule has 0 rings (SSSR count). The maximum Gasteiger partial charge on any atom is 0.326 e. The van der Waals surface area contributed by atoms with Crippen molar-refractivity contribution < 1.29 is 39.0 Å². The number of carboxylic acid groups (broad SMARTS) is 2. The van der Waals surface area contributed by atoms with Gasteiger partial charge < -0.3 is 37.6 Å². The summed E-state index contributed by atoms with van der Waals surface area (Å²) in [5.41, 5.74) is 11.0. The lowest BCUT2D eigenvalue weighted by Gasteiger charge is -2.26. The van der Waals surface area contributed by atoms with Gasteiger partial charge in [-0.25, -0.2) is 4.79 Å². The van der Waals surface area contributed by atoms with Crippen LogP contribution in [-0.4, -0.2) is 69.9 Å². The molecule has 0 aliphatic rings. The molecule has 0 aliphatic carbocycles. The summed E-state index contributed by atoms with van der Waals surface area (Å²) < 4.78 is 0. The number of hydrogen-bond donors (Lipinski definition) is 7. The molecule has 9 N–H and O–H groups in total. The predicted octanol–water partition coefficient (Wildman–Crippen LogP) is -0.925. The highest BCUT2D eigenvalue weighted by Crippen LogP contribution is 2.10. The first kappa shape index (κ1) is 31.8. The number of carbonyl (C=O) groups excluding carboxylic acids is 4. The Balaban J connectivity index is 5.61. The maximum absolute atomic E-state index is 13.0. The van der Waals surface area contributed by atoms with Gasteiger partial charge in [-0.05, 0) is 31.1 Å². The van der Waals surface area contributed by atoms with Gasteiger partial charge in [-0.2, -0.15) is 0 Å². The predicted molar refractivity (Wildman–Crippen MR) is 126 cm³/mol. The molecular weight excluding hydrogens is 462 g/mol. The highest BCUT2D eigenvalue weighted by molar-refractivity contribution is 5.94. The molecular formula is C22H39N5O8. The van der Waals surface area contributed by atoms with Gasteiger partial charge in [0.1, 0.15) is 18.1 Å². The van der Waals surface area contributed by atoms with Gasteiger partial charge in [-0.3, -0.25) is 24.0 Å². The van der Waals surface area contributed by atoms with Crippen molar-refractivity contribution in [3.63, 3.8) is 0 Å². The third kappa shape index (κ3) is 12.7. The first-order chi connectivity index (χ1) is 16.2. The van der Waals surface area contributed by atoms with Gasteiger partial charge in [0.2, 0.25) is 23.6 Å². The zero-order valence-electron chi connectivity index (χ0n) is 20.7. The Kier molecular flexibility index (Phi) is 14.2. The number of carboxylic acids is 2. The van der Waals surface area contributed by atoms with Crippen molar-refractivity contribution in [3.8, 4) is 0 Å². The lowest BCUT2D eigenvalue weighted by molar-refractivity contribution is -0.142. The van der Waals surface area contributed by atoms with E-state index < -0.39 is 66.2 Å². The number of nitrogens with one attached hydrogen (secondary N) is 3.